The van der Waals surface area contributed by atoms with Gasteiger partial charge in [-0.1, -0.05) is 140 Å². The lowest BCUT2D eigenvalue weighted by atomic mass is 9.98. The molecule has 0 saturated carbocycles. The molecule has 10 heteroatoms. The monoisotopic (exact) mass is 751 g/mol. The number of rotatable bonds is 20. The summed E-state index contributed by atoms with van der Waals surface area (Å²) in [5.74, 6) is 0. The Balaban J connectivity index is 1.40. The van der Waals surface area contributed by atoms with E-state index in [2.05, 4.69) is 0 Å². The van der Waals surface area contributed by atoms with E-state index in [1.165, 1.54) is 0 Å². The van der Waals surface area contributed by atoms with E-state index in [9.17, 15) is 0 Å². The van der Waals surface area contributed by atoms with Gasteiger partial charge in [0.1, 0.15) is 24.4 Å². The fraction of sp³-hybridized carbons (Fsp3) is 0.318. The van der Waals surface area contributed by atoms with Crippen molar-refractivity contribution in [3.8, 4) is 0 Å². The molecule has 9 nitrogen and oxygen atoms in total. The molecule has 5 atom stereocenters. The molecule has 1 heterocycles. The quantitative estimate of drug-likeness (QED) is 0.0727. The van der Waals surface area contributed by atoms with E-state index in [1.54, 1.807) is 0 Å². The zero-order valence-electron chi connectivity index (χ0n) is 30.9. The van der Waals surface area contributed by atoms with Crippen LogP contribution in [-0.2, 0) is 63.7 Å². The maximum Gasteiger partial charge on any atom is 0.363 e. The number of nitrogens with zero attached hydrogens (tertiary/aromatic N) is 1. The first kappa shape index (κ1) is 39.7. The Labute approximate surface area is 319 Å². The van der Waals surface area contributed by atoms with E-state index in [-0.39, 0.29) is 13.2 Å². The van der Waals surface area contributed by atoms with E-state index in [1.807, 2.05) is 166 Å². The lowest BCUT2D eigenvalue weighted by molar-refractivity contribution is -0.312. The zero-order chi connectivity index (χ0) is 37.3. The Morgan fingerprint density at radius 2 is 0.907 bits per heavy atom. The second-order valence-corrected chi connectivity index (χ2v) is 14.5. The molecule has 1 aliphatic rings. The molecule has 0 N–H and O–H groups in total. The molecule has 0 radical (unpaired) electrons. The number of hydrogen-bond acceptors (Lipinski definition) is 9. The molecule has 54 heavy (non-hydrogen) atoms. The van der Waals surface area contributed by atoms with Crippen LogP contribution in [0.15, 0.2) is 156 Å². The first-order valence-electron chi connectivity index (χ1n) is 18.5. The predicted octanol–water partition coefficient (Wildman–Crippen LogP) is 10.1. The summed E-state index contributed by atoms with van der Waals surface area (Å²) in [5.41, 5.74) is 4.71. The highest BCUT2D eigenvalue weighted by Crippen LogP contribution is 2.57. The lowest BCUT2D eigenvalue weighted by Crippen LogP contribution is -2.61. The summed E-state index contributed by atoms with van der Waals surface area (Å²) >= 11 is 0. The van der Waals surface area contributed by atoms with Gasteiger partial charge >= 0.3 is 7.74 Å². The minimum atomic E-state index is -3.42. The van der Waals surface area contributed by atoms with Gasteiger partial charge in [-0.3, -0.25) is 4.52 Å². The molecule has 1 fully saturated rings. The molecule has 1 aliphatic heterocycles. The van der Waals surface area contributed by atoms with Gasteiger partial charge in [-0.25, -0.2) is 0 Å². The first-order valence-corrected chi connectivity index (χ1v) is 20.0. The van der Waals surface area contributed by atoms with Crippen LogP contribution in [0.25, 0.3) is 0 Å². The Kier molecular flexibility index (Phi) is 15.6. The van der Waals surface area contributed by atoms with Crippen molar-refractivity contribution in [2.75, 3.05) is 19.8 Å². The van der Waals surface area contributed by atoms with Crippen LogP contribution >= 0.6 is 7.74 Å². The third-order valence-electron chi connectivity index (χ3n) is 8.66. The summed E-state index contributed by atoms with van der Waals surface area (Å²) in [7, 11) is -3.42. The highest BCUT2D eigenvalue weighted by atomic mass is 31.2. The molecule has 0 bridgehead atoms. The van der Waals surface area contributed by atoms with Crippen LogP contribution < -0.4 is 0 Å². The van der Waals surface area contributed by atoms with E-state index >= 15 is 0 Å². The molecule has 0 aromatic heterocycles. The third kappa shape index (κ3) is 11.8. The first-order chi connectivity index (χ1) is 26.6. The molecule has 5 aromatic rings. The standard InChI is InChI=1S/C44H50NO8P/c1-3-50-54(51-4-2,45-39-28-18-9-19-29-39)53-44-43(49-33-38-26-16-8-17-27-38)42(48-32-37-24-14-7-15-25-37)41(47-31-36-22-12-6-13-23-36)40(52-44)34-46-30-35-20-10-5-11-21-35/h5-29,40-44H,3-4,30-34H2,1-2H3/t40-,41-,42+,43+,44?/m1/s1. The van der Waals surface area contributed by atoms with E-state index in [0.29, 0.717) is 38.7 Å². The molecule has 1 unspecified atom stereocenters. The van der Waals surface area contributed by atoms with Crippen molar-refractivity contribution in [3.63, 3.8) is 0 Å². The van der Waals surface area contributed by atoms with Crippen LogP contribution in [0.1, 0.15) is 36.1 Å². The molecule has 5 aromatic carbocycles. The van der Waals surface area contributed by atoms with Gasteiger partial charge < -0.3 is 32.7 Å². The van der Waals surface area contributed by atoms with Gasteiger partial charge in [0.15, 0.2) is 6.29 Å². The summed E-state index contributed by atoms with van der Waals surface area (Å²) in [5, 5.41) is 0. The molecular weight excluding hydrogens is 701 g/mol. The van der Waals surface area contributed by atoms with Crippen molar-refractivity contribution in [1.29, 1.82) is 0 Å². The third-order valence-corrected chi connectivity index (χ3v) is 10.8. The van der Waals surface area contributed by atoms with Crippen LogP contribution in [0.4, 0.5) is 5.69 Å². The summed E-state index contributed by atoms with van der Waals surface area (Å²) in [6.45, 7) is 5.85. The molecule has 284 valence electrons. The van der Waals surface area contributed by atoms with Gasteiger partial charge in [-0.05, 0) is 48.2 Å². The fourth-order valence-corrected chi connectivity index (χ4v) is 7.96. The highest BCUT2D eigenvalue weighted by molar-refractivity contribution is 7.51. The van der Waals surface area contributed by atoms with Gasteiger partial charge in [0.05, 0.1) is 51.9 Å². The number of ether oxygens (including phenoxy) is 5. The van der Waals surface area contributed by atoms with Crippen molar-refractivity contribution in [2.24, 2.45) is 4.74 Å². The molecule has 0 aliphatic carbocycles. The van der Waals surface area contributed by atoms with Gasteiger partial charge in [0.25, 0.3) is 0 Å². The molecule has 0 amide bonds. The molecule has 6 rings (SSSR count). The SMILES string of the molecule is CCOP(=Nc1ccccc1)(OCC)OC1O[C@H](COCc2ccccc2)[C@@H](OCc2ccccc2)[C@H](OCc2ccccc2)[C@@H]1OCc1ccccc1. The van der Waals surface area contributed by atoms with E-state index in [0.717, 1.165) is 22.3 Å². The smallest absolute Gasteiger partial charge is 0.363 e. The average Bonchev–Trinajstić information content (AvgIpc) is 3.21. The Bertz CT molecular complexity index is 1810. The zero-order valence-corrected chi connectivity index (χ0v) is 31.8. The van der Waals surface area contributed by atoms with Crippen LogP contribution in [0.5, 0.6) is 0 Å². The van der Waals surface area contributed by atoms with Crippen LogP contribution in [0, 0.1) is 0 Å². The Hall–Kier alpha value is -3.99. The topological polar surface area (TPSA) is 86.2 Å². The van der Waals surface area contributed by atoms with Crippen molar-refractivity contribution in [2.45, 2.75) is 71.0 Å². The van der Waals surface area contributed by atoms with Gasteiger partial charge in [-0.15, -0.1) is 0 Å². The predicted molar refractivity (Wildman–Crippen MR) is 210 cm³/mol. The summed E-state index contributed by atoms with van der Waals surface area (Å²) < 4.78 is 58.3. The number of benzene rings is 5. The minimum Gasteiger partial charge on any atom is -0.374 e. The summed E-state index contributed by atoms with van der Waals surface area (Å²) in [6.07, 6.45) is -3.78. The van der Waals surface area contributed by atoms with Crippen molar-refractivity contribution in [3.05, 3.63) is 174 Å². The average molecular weight is 752 g/mol. The fourth-order valence-electron chi connectivity index (χ4n) is 6.11. The van der Waals surface area contributed by atoms with Crippen LogP contribution in [0.2, 0.25) is 0 Å². The highest BCUT2D eigenvalue weighted by Gasteiger charge is 2.51. The lowest BCUT2D eigenvalue weighted by Gasteiger charge is -2.46. The van der Waals surface area contributed by atoms with Crippen molar-refractivity contribution >= 4 is 13.4 Å². The Morgan fingerprint density at radius 3 is 1.37 bits per heavy atom. The maximum absolute atomic E-state index is 6.93. The summed E-state index contributed by atoms with van der Waals surface area (Å²) in [6, 6.07) is 49.7. The number of hydrogen-bond donors (Lipinski definition) is 0. The van der Waals surface area contributed by atoms with Crippen molar-refractivity contribution < 1.29 is 37.3 Å². The molecular formula is C44H50NO8P. The van der Waals surface area contributed by atoms with Gasteiger partial charge in [0.2, 0.25) is 0 Å². The van der Waals surface area contributed by atoms with Crippen LogP contribution in [0.3, 0.4) is 0 Å². The summed E-state index contributed by atoms with van der Waals surface area (Å²) in [4.78, 5) is 0. The molecule has 1 saturated heterocycles. The second kappa shape index (κ2) is 21.2. The maximum atomic E-state index is 6.93. The van der Waals surface area contributed by atoms with Gasteiger partial charge in [0, 0.05) is 0 Å². The van der Waals surface area contributed by atoms with Crippen LogP contribution in [-0.4, -0.2) is 50.5 Å². The second-order valence-electron chi connectivity index (χ2n) is 12.7. The minimum absolute atomic E-state index is 0.190. The Morgan fingerprint density at radius 1 is 0.500 bits per heavy atom. The van der Waals surface area contributed by atoms with Crippen molar-refractivity contribution in [1.82, 2.24) is 0 Å². The van der Waals surface area contributed by atoms with E-state index in [4.69, 9.17) is 42.0 Å². The van der Waals surface area contributed by atoms with E-state index < -0.39 is 38.4 Å². The molecule has 0 spiro atoms. The van der Waals surface area contributed by atoms with Gasteiger partial charge in [-0.2, -0.15) is 4.74 Å². The largest absolute Gasteiger partial charge is 0.374 e. The normalized spacial score (nSPS) is 20.1.